The van der Waals surface area contributed by atoms with Gasteiger partial charge in [-0.3, -0.25) is 9.59 Å². The van der Waals surface area contributed by atoms with Crippen molar-refractivity contribution >= 4 is 22.3 Å². The molecule has 11 heteroatoms. The van der Waals surface area contributed by atoms with Crippen LogP contribution in [0.15, 0.2) is 77.7 Å². The first-order chi connectivity index (χ1) is 18.9. The fraction of sp³-hybridized carbons (Fsp3) is 0.310. The molecule has 0 radical (unpaired) electrons. The predicted octanol–water partition coefficient (Wildman–Crippen LogP) is 5.10. The number of rotatable bonds is 8. The number of halogens is 3. The van der Waals surface area contributed by atoms with E-state index in [4.69, 9.17) is 5.14 Å². The summed E-state index contributed by atoms with van der Waals surface area (Å²) < 4.78 is 59.8. The average Bonchev–Trinajstić information content (AvgIpc) is 3.47. The molecule has 1 fully saturated rings. The quantitative estimate of drug-likeness (QED) is 0.364. The van der Waals surface area contributed by atoms with Crippen molar-refractivity contribution in [1.82, 2.24) is 10.2 Å². The molecule has 2 amide bonds. The largest absolute Gasteiger partial charge is 0.416 e. The zero-order valence-corrected chi connectivity index (χ0v) is 22.8. The highest BCUT2D eigenvalue weighted by Crippen LogP contribution is 2.30. The minimum Gasteiger partial charge on any atom is -0.355 e. The van der Waals surface area contributed by atoms with Crippen LogP contribution in [0.3, 0.4) is 0 Å². The number of carbonyl (C=O) groups excluding carboxylic acids is 2. The molecule has 1 aliphatic rings. The molecule has 1 aliphatic carbocycles. The van der Waals surface area contributed by atoms with Crippen molar-refractivity contribution in [2.24, 2.45) is 11.1 Å². The molecule has 3 aromatic carbocycles. The van der Waals surface area contributed by atoms with Gasteiger partial charge in [0, 0.05) is 31.6 Å². The van der Waals surface area contributed by atoms with Gasteiger partial charge >= 0.3 is 6.18 Å². The van der Waals surface area contributed by atoms with E-state index in [1.54, 1.807) is 23.1 Å². The lowest BCUT2D eigenvalue weighted by Crippen LogP contribution is -2.31. The molecule has 3 aromatic rings. The molecule has 0 spiro atoms. The van der Waals surface area contributed by atoms with Crippen molar-refractivity contribution in [3.8, 4) is 11.1 Å². The molecule has 7 nitrogen and oxygen atoms in total. The number of carbonyl (C=O) groups is 2. The van der Waals surface area contributed by atoms with Crippen LogP contribution < -0.4 is 10.5 Å². The van der Waals surface area contributed by atoms with Gasteiger partial charge in [0.05, 0.1) is 10.5 Å². The number of nitrogens with one attached hydrogen (secondary N) is 1. The first kappa shape index (κ1) is 30.8. The van der Waals surface area contributed by atoms with Crippen molar-refractivity contribution in [2.75, 3.05) is 7.05 Å². The Kier molecular flexibility index (Phi) is 10.5. The van der Waals surface area contributed by atoms with E-state index in [1.165, 1.54) is 18.2 Å². The second-order valence-corrected chi connectivity index (χ2v) is 11.1. The maximum atomic E-state index is 12.4. The van der Waals surface area contributed by atoms with E-state index >= 15 is 0 Å². The third-order valence-corrected chi connectivity index (χ3v) is 7.60. The van der Waals surface area contributed by atoms with E-state index in [9.17, 15) is 31.2 Å². The van der Waals surface area contributed by atoms with Gasteiger partial charge in [0.15, 0.2) is 0 Å². The van der Waals surface area contributed by atoms with Gasteiger partial charge in [0.25, 0.3) is 0 Å². The van der Waals surface area contributed by atoms with Crippen molar-refractivity contribution in [2.45, 2.75) is 49.8 Å². The molecule has 40 heavy (non-hydrogen) atoms. The average molecular weight is 576 g/mol. The topological polar surface area (TPSA) is 110 Å². The van der Waals surface area contributed by atoms with Crippen LogP contribution in [0, 0.1) is 5.92 Å². The SMILES string of the molecule is CN(Cc1ccc(-c2ccccc2S(N)(=O)=O)cc1)C(=O)C1CCCC1.O=CNCc1ccc(C(F)(F)F)cc1. The van der Waals surface area contributed by atoms with Gasteiger partial charge in [-0.25, -0.2) is 13.6 Å². The van der Waals surface area contributed by atoms with E-state index in [1.807, 2.05) is 31.3 Å². The molecular formula is C29H32F3N3O4S. The van der Waals surface area contributed by atoms with Crippen LogP contribution in [0.1, 0.15) is 42.4 Å². The molecule has 0 saturated heterocycles. The lowest BCUT2D eigenvalue weighted by atomic mass is 10.0. The fourth-order valence-electron chi connectivity index (χ4n) is 4.55. The van der Waals surface area contributed by atoms with Gasteiger partial charge in [0.1, 0.15) is 0 Å². The van der Waals surface area contributed by atoms with E-state index in [0.29, 0.717) is 24.1 Å². The summed E-state index contributed by atoms with van der Waals surface area (Å²) in [6.07, 6.45) is 0.456. The standard InChI is InChI=1S/C20H24N2O3S.C9H8F3NO/c1-22(20(23)17-6-2-3-7-17)14-15-10-12-16(13-11-15)18-8-4-5-9-19(18)26(21,24)25;10-9(11,12)8-3-1-7(2-4-8)5-13-6-14/h4-5,8-13,17H,2-3,6-7,14H2,1H3,(H2,21,24,25);1-4,6H,5H2,(H,13,14). The van der Waals surface area contributed by atoms with Gasteiger partial charge in [0.2, 0.25) is 22.3 Å². The Hall–Kier alpha value is -3.70. The number of nitrogens with zero attached hydrogens (tertiary/aromatic N) is 1. The smallest absolute Gasteiger partial charge is 0.355 e. The zero-order chi connectivity index (χ0) is 29.3. The third kappa shape index (κ3) is 8.65. The number of nitrogens with two attached hydrogens (primary N) is 1. The van der Waals surface area contributed by atoms with Gasteiger partial charge < -0.3 is 10.2 Å². The highest BCUT2D eigenvalue weighted by molar-refractivity contribution is 7.89. The summed E-state index contributed by atoms with van der Waals surface area (Å²) in [5.74, 6) is 0.382. The van der Waals surface area contributed by atoms with Gasteiger partial charge in [-0.1, -0.05) is 67.4 Å². The lowest BCUT2D eigenvalue weighted by Gasteiger charge is -2.21. The van der Waals surface area contributed by atoms with Crippen LogP contribution in [0.5, 0.6) is 0 Å². The third-order valence-electron chi connectivity index (χ3n) is 6.63. The Morgan fingerprint density at radius 2 is 1.55 bits per heavy atom. The van der Waals surface area contributed by atoms with Gasteiger partial charge in [-0.2, -0.15) is 13.2 Å². The van der Waals surface area contributed by atoms with E-state index in [2.05, 4.69) is 5.32 Å². The maximum absolute atomic E-state index is 12.4. The number of benzene rings is 3. The molecule has 214 valence electrons. The molecule has 0 bridgehead atoms. The van der Waals surface area contributed by atoms with Crippen LogP contribution in [0.4, 0.5) is 13.2 Å². The Bertz CT molecular complexity index is 1390. The molecule has 4 rings (SSSR count). The van der Waals surface area contributed by atoms with E-state index < -0.39 is 21.8 Å². The van der Waals surface area contributed by atoms with Crippen LogP contribution >= 0.6 is 0 Å². The number of hydrogen-bond acceptors (Lipinski definition) is 4. The van der Waals surface area contributed by atoms with Gasteiger partial charge in [-0.05, 0) is 47.7 Å². The van der Waals surface area contributed by atoms with Crippen molar-refractivity contribution in [3.05, 3.63) is 89.5 Å². The van der Waals surface area contributed by atoms with Crippen LogP contribution in [0.2, 0.25) is 0 Å². The Labute approximate surface area is 232 Å². The normalized spacial score (nSPS) is 13.7. The van der Waals surface area contributed by atoms with Crippen molar-refractivity contribution in [1.29, 1.82) is 0 Å². The highest BCUT2D eigenvalue weighted by atomic mass is 32.2. The highest BCUT2D eigenvalue weighted by Gasteiger charge is 2.30. The minimum absolute atomic E-state index is 0.112. The van der Waals surface area contributed by atoms with E-state index in [-0.39, 0.29) is 23.3 Å². The number of hydrogen-bond donors (Lipinski definition) is 2. The second kappa shape index (κ2) is 13.6. The number of alkyl halides is 3. The summed E-state index contributed by atoms with van der Waals surface area (Å²) in [5, 5.41) is 7.67. The Morgan fingerprint density at radius 3 is 2.10 bits per heavy atom. The molecule has 0 aliphatic heterocycles. The number of sulfonamides is 1. The lowest BCUT2D eigenvalue weighted by molar-refractivity contribution is -0.137. The summed E-state index contributed by atoms with van der Waals surface area (Å²) in [6, 6.07) is 18.9. The van der Waals surface area contributed by atoms with Crippen molar-refractivity contribution < 1.29 is 31.2 Å². The van der Waals surface area contributed by atoms with Crippen LogP contribution in [0.25, 0.3) is 11.1 Å². The molecule has 1 saturated carbocycles. The summed E-state index contributed by atoms with van der Waals surface area (Å²) >= 11 is 0. The maximum Gasteiger partial charge on any atom is 0.416 e. The summed E-state index contributed by atoms with van der Waals surface area (Å²) in [4.78, 5) is 24.2. The molecule has 3 N–H and O–H groups in total. The molecule has 0 heterocycles. The summed E-state index contributed by atoms with van der Waals surface area (Å²) in [7, 11) is -1.95. The summed E-state index contributed by atoms with van der Waals surface area (Å²) in [5.41, 5.74) is 2.31. The van der Waals surface area contributed by atoms with Crippen LogP contribution in [-0.2, 0) is 38.9 Å². The first-order valence-corrected chi connectivity index (χ1v) is 14.2. The Balaban J connectivity index is 0.000000267. The zero-order valence-electron chi connectivity index (χ0n) is 22.0. The van der Waals surface area contributed by atoms with Crippen LogP contribution in [-0.4, -0.2) is 32.7 Å². The second-order valence-electron chi connectivity index (χ2n) is 9.61. The first-order valence-electron chi connectivity index (χ1n) is 12.7. The predicted molar refractivity (Wildman–Crippen MR) is 146 cm³/mol. The fourth-order valence-corrected chi connectivity index (χ4v) is 5.31. The number of amides is 2. The number of primary sulfonamides is 1. The molecule has 0 aromatic heterocycles. The van der Waals surface area contributed by atoms with Crippen molar-refractivity contribution in [3.63, 3.8) is 0 Å². The monoisotopic (exact) mass is 575 g/mol. The minimum atomic E-state index is -4.31. The van der Waals surface area contributed by atoms with Gasteiger partial charge in [-0.15, -0.1) is 0 Å². The summed E-state index contributed by atoms with van der Waals surface area (Å²) in [6.45, 7) is 0.786. The molecule has 0 atom stereocenters. The Morgan fingerprint density at radius 1 is 0.975 bits per heavy atom. The van der Waals surface area contributed by atoms with E-state index in [0.717, 1.165) is 48.9 Å². The molecular weight excluding hydrogens is 543 g/mol. The molecule has 0 unspecified atom stereocenters.